The van der Waals surface area contributed by atoms with Crippen LogP contribution in [-0.2, 0) is 12.0 Å². The second kappa shape index (κ2) is 5.95. The number of amides is 2. The van der Waals surface area contributed by atoms with Crippen LogP contribution in [0.1, 0.15) is 31.9 Å². The quantitative estimate of drug-likeness (QED) is 0.912. The summed E-state index contributed by atoms with van der Waals surface area (Å²) in [5.41, 5.74) is 2.32. The molecule has 1 aromatic rings. The van der Waals surface area contributed by atoms with Crippen LogP contribution >= 0.6 is 0 Å². The first kappa shape index (κ1) is 15.3. The van der Waals surface area contributed by atoms with Crippen molar-refractivity contribution in [1.29, 1.82) is 0 Å². The van der Waals surface area contributed by atoms with E-state index in [1.54, 1.807) is 26.1 Å². The summed E-state index contributed by atoms with van der Waals surface area (Å²) in [6.45, 7) is 7.02. The number of hydrogen-bond acceptors (Lipinski definition) is 2. The Bertz CT molecular complexity index is 450. The molecule has 0 atom stereocenters. The molecule has 1 rings (SSSR count). The van der Waals surface area contributed by atoms with Crippen LogP contribution in [0.4, 0.5) is 4.79 Å². The zero-order chi connectivity index (χ0) is 14.6. The topological polar surface area (TPSA) is 41.6 Å². The van der Waals surface area contributed by atoms with Gasteiger partial charge < -0.3 is 15.0 Å². The maximum Gasteiger partial charge on any atom is 0.317 e. The van der Waals surface area contributed by atoms with Crippen LogP contribution in [0.15, 0.2) is 18.2 Å². The van der Waals surface area contributed by atoms with E-state index in [4.69, 9.17) is 4.74 Å². The van der Waals surface area contributed by atoms with Gasteiger partial charge in [-0.3, -0.25) is 0 Å². The van der Waals surface area contributed by atoms with Crippen LogP contribution in [0.25, 0.3) is 0 Å². The average Bonchev–Trinajstić information content (AvgIpc) is 2.36. The zero-order valence-corrected chi connectivity index (χ0v) is 12.7. The number of carbonyl (C=O) groups excluding carboxylic acids is 1. The predicted molar refractivity (Wildman–Crippen MR) is 77.6 cm³/mol. The van der Waals surface area contributed by atoms with Gasteiger partial charge in [0.2, 0.25) is 0 Å². The fraction of sp³-hybridized carbons (Fsp3) is 0.533. The van der Waals surface area contributed by atoms with Crippen LogP contribution < -0.4 is 10.1 Å². The van der Waals surface area contributed by atoms with Crippen LogP contribution in [0, 0.1) is 0 Å². The monoisotopic (exact) mass is 264 g/mol. The second-order valence-electron chi connectivity index (χ2n) is 5.69. The summed E-state index contributed by atoms with van der Waals surface area (Å²) in [4.78, 5) is 13.2. The first-order valence-corrected chi connectivity index (χ1v) is 6.40. The Labute approximate surface area is 115 Å². The Morgan fingerprint density at radius 2 is 2.00 bits per heavy atom. The lowest BCUT2D eigenvalue weighted by atomic mass is 9.86. The van der Waals surface area contributed by atoms with Crippen molar-refractivity contribution >= 4 is 6.03 Å². The number of methoxy groups -OCH3 is 1. The first-order chi connectivity index (χ1) is 8.79. The number of carbonyl (C=O) groups is 1. The fourth-order valence-corrected chi connectivity index (χ4v) is 1.89. The molecule has 0 aliphatic heterocycles. The lowest BCUT2D eigenvalue weighted by Gasteiger charge is -2.23. The SMILES string of the molecule is CNC(=O)N(C)Cc1cc(C(C)(C)C)ccc1OC. The summed E-state index contributed by atoms with van der Waals surface area (Å²) in [6, 6.07) is 6.04. The minimum absolute atomic E-state index is 0.0760. The normalized spacial score (nSPS) is 11.1. The summed E-state index contributed by atoms with van der Waals surface area (Å²) < 4.78 is 5.37. The molecule has 19 heavy (non-hydrogen) atoms. The molecule has 0 aliphatic rings. The van der Waals surface area contributed by atoms with Gasteiger partial charge in [0.25, 0.3) is 0 Å². The maximum atomic E-state index is 11.6. The molecule has 0 unspecified atom stereocenters. The van der Waals surface area contributed by atoms with Crippen molar-refractivity contribution in [1.82, 2.24) is 10.2 Å². The van der Waals surface area contributed by atoms with Gasteiger partial charge in [0.05, 0.1) is 13.7 Å². The number of benzene rings is 1. The molecule has 0 saturated heterocycles. The molecule has 2 amide bonds. The molecule has 0 aromatic heterocycles. The Morgan fingerprint density at radius 1 is 1.37 bits per heavy atom. The highest BCUT2D eigenvalue weighted by Gasteiger charge is 2.17. The predicted octanol–water partition coefficient (Wildman–Crippen LogP) is 2.76. The highest BCUT2D eigenvalue weighted by atomic mass is 16.5. The molecule has 0 radical (unpaired) electrons. The van der Waals surface area contributed by atoms with Crippen molar-refractivity contribution in [2.45, 2.75) is 32.7 Å². The number of hydrogen-bond donors (Lipinski definition) is 1. The minimum atomic E-state index is -0.108. The molecule has 1 aromatic carbocycles. The van der Waals surface area contributed by atoms with Gasteiger partial charge in [-0.05, 0) is 23.1 Å². The highest BCUT2D eigenvalue weighted by Crippen LogP contribution is 2.28. The van der Waals surface area contributed by atoms with E-state index >= 15 is 0 Å². The molecule has 0 spiro atoms. The van der Waals surface area contributed by atoms with Gasteiger partial charge in [0, 0.05) is 19.7 Å². The van der Waals surface area contributed by atoms with Crippen molar-refractivity contribution < 1.29 is 9.53 Å². The smallest absolute Gasteiger partial charge is 0.317 e. The Morgan fingerprint density at radius 3 is 2.47 bits per heavy atom. The molecule has 0 fully saturated rings. The summed E-state index contributed by atoms with van der Waals surface area (Å²) in [6.07, 6.45) is 0. The molecular formula is C15H24N2O2. The fourth-order valence-electron chi connectivity index (χ4n) is 1.89. The Balaban J connectivity index is 3.06. The summed E-state index contributed by atoms with van der Waals surface area (Å²) in [5, 5.41) is 2.61. The molecule has 0 heterocycles. The van der Waals surface area contributed by atoms with Gasteiger partial charge in [-0.25, -0.2) is 4.79 Å². The summed E-state index contributed by atoms with van der Waals surface area (Å²) in [5.74, 6) is 0.809. The lowest BCUT2D eigenvalue weighted by molar-refractivity contribution is 0.208. The first-order valence-electron chi connectivity index (χ1n) is 6.40. The van der Waals surface area contributed by atoms with Gasteiger partial charge in [-0.1, -0.05) is 26.8 Å². The van der Waals surface area contributed by atoms with Crippen LogP contribution in [-0.4, -0.2) is 32.1 Å². The van der Waals surface area contributed by atoms with E-state index in [1.165, 1.54) is 5.56 Å². The van der Waals surface area contributed by atoms with Gasteiger partial charge in [0.15, 0.2) is 0 Å². The van der Waals surface area contributed by atoms with Gasteiger partial charge in [-0.15, -0.1) is 0 Å². The number of nitrogens with zero attached hydrogens (tertiary/aromatic N) is 1. The zero-order valence-electron chi connectivity index (χ0n) is 12.7. The third-order valence-electron chi connectivity index (χ3n) is 3.11. The van der Waals surface area contributed by atoms with E-state index in [1.807, 2.05) is 6.07 Å². The maximum absolute atomic E-state index is 11.6. The van der Waals surface area contributed by atoms with Crippen LogP contribution in [0.3, 0.4) is 0 Å². The lowest BCUT2D eigenvalue weighted by Crippen LogP contribution is -2.34. The Hall–Kier alpha value is -1.71. The summed E-state index contributed by atoms with van der Waals surface area (Å²) >= 11 is 0. The Kier molecular flexibility index (Phi) is 4.81. The molecule has 0 aliphatic carbocycles. The molecule has 0 saturated carbocycles. The van der Waals surface area contributed by atoms with Crippen molar-refractivity contribution in [3.05, 3.63) is 29.3 Å². The third kappa shape index (κ3) is 3.88. The number of urea groups is 1. The van der Waals surface area contributed by atoms with E-state index in [0.717, 1.165) is 11.3 Å². The molecule has 106 valence electrons. The van der Waals surface area contributed by atoms with Gasteiger partial charge in [0.1, 0.15) is 5.75 Å². The number of nitrogens with one attached hydrogen (secondary N) is 1. The van der Waals surface area contributed by atoms with E-state index in [9.17, 15) is 4.79 Å². The van der Waals surface area contributed by atoms with Crippen LogP contribution in [0.2, 0.25) is 0 Å². The number of rotatable bonds is 3. The standard InChI is InChI=1S/C15H24N2O2/c1-15(2,3)12-7-8-13(19-6)11(9-12)10-17(5)14(18)16-4/h7-9H,10H2,1-6H3,(H,16,18). The minimum Gasteiger partial charge on any atom is -0.496 e. The van der Waals surface area contributed by atoms with Gasteiger partial charge in [-0.2, -0.15) is 0 Å². The van der Waals surface area contributed by atoms with E-state index in [-0.39, 0.29) is 11.4 Å². The molecular weight excluding hydrogens is 240 g/mol. The average molecular weight is 264 g/mol. The molecule has 0 bridgehead atoms. The second-order valence-corrected chi connectivity index (χ2v) is 5.69. The largest absolute Gasteiger partial charge is 0.496 e. The summed E-state index contributed by atoms with van der Waals surface area (Å²) in [7, 11) is 5.04. The number of ether oxygens (including phenoxy) is 1. The molecule has 1 N–H and O–H groups in total. The third-order valence-corrected chi connectivity index (χ3v) is 3.11. The van der Waals surface area contributed by atoms with Crippen LogP contribution in [0.5, 0.6) is 5.75 Å². The van der Waals surface area contributed by atoms with E-state index < -0.39 is 0 Å². The van der Waals surface area contributed by atoms with E-state index in [0.29, 0.717) is 6.54 Å². The molecule has 4 nitrogen and oxygen atoms in total. The van der Waals surface area contributed by atoms with Crippen molar-refractivity contribution in [3.63, 3.8) is 0 Å². The van der Waals surface area contributed by atoms with Crippen molar-refractivity contribution in [2.75, 3.05) is 21.2 Å². The van der Waals surface area contributed by atoms with Crippen molar-refractivity contribution in [3.8, 4) is 5.75 Å². The van der Waals surface area contributed by atoms with E-state index in [2.05, 4.69) is 38.2 Å². The highest BCUT2D eigenvalue weighted by molar-refractivity contribution is 5.73. The van der Waals surface area contributed by atoms with Crippen molar-refractivity contribution in [2.24, 2.45) is 0 Å². The molecule has 4 heteroatoms. The van der Waals surface area contributed by atoms with Gasteiger partial charge >= 0.3 is 6.03 Å².